The van der Waals surface area contributed by atoms with Crippen molar-refractivity contribution in [1.82, 2.24) is 20.3 Å². The Bertz CT molecular complexity index is 1460. The third kappa shape index (κ3) is 6.11. The molecule has 7 nitrogen and oxygen atoms in total. The van der Waals surface area contributed by atoms with Crippen molar-refractivity contribution in [2.24, 2.45) is 0 Å². The van der Waals surface area contributed by atoms with Gasteiger partial charge in [-0.1, -0.05) is 105 Å². The van der Waals surface area contributed by atoms with E-state index in [0.717, 1.165) is 0 Å². The minimum atomic E-state index is -2.68. The maximum atomic E-state index is 14.7. The van der Waals surface area contributed by atoms with Gasteiger partial charge < -0.3 is 19.5 Å². The summed E-state index contributed by atoms with van der Waals surface area (Å²) >= 11 is 7.22. The second-order valence-electron chi connectivity index (χ2n) is 10.4. The van der Waals surface area contributed by atoms with Gasteiger partial charge in [0.15, 0.2) is 16.1 Å². The normalized spacial score (nSPS) is 13.0. The minimum absolute atomic E-state index is 0.0593. The van der Waals surface area contributed by atoms with Crippen molar-refractivity contribution in [2.45, 2.75) is 43.4 Å². The predicted molar refractivity (Wildman–Crippen MR) is 163 cm³/mol. The van der Waals surface area contributed by atoms with Crippen LogP contribution in [0.5, 0.6) is 5.88 Å². The predicted octanol–water partition coefficient (Wildman–Crippen LogP) is 4.77. The number of fused-ring (bicyclic) bond motifs is 1. The van der Waals surface area contributed by atoms with Crippen LogP contribution in [0.1, 0.15) is 27.2 Å². The van der Waals surface area contributed by atoms with Gasteiger partial charge in [-0.25, -0.2) is 9.37 Å². The summed E-state index contributed by atoms with van der Waals surface area (Å²) in [6, 6.07) is 20.8. The van der Waals surface area contributed by atoms with E-state index in [0.29, 0.717) is 13.0 Å². The number of nitrogens with zero attached hydrogens (tertiary/aromatic N) is 2. The molecule has 0 aliphatic heterocycles. The Balaban J connectivity index is 1.57. The average molecular weight is 601 g/mol. The van der Waals surface area contributed by atoms with E-state index in [-0.39, 0.29) is 39.6 Å². The molecule has 2 heterocycles. The second kappa shape index (κ2) is 12.8. The van der Waals surface area contributed by atoms with Crippen molar-refractivity contribution in [3.05, 3.63) is 82.0 Å². The van der Waals surface area contributed by atoms with Crippen LogP contribution < -0.4 is 26.0 Å². The lowest BCUT2D eigenvalue weighted by atomic mass is 10.2. The number of likely N-dealkylation sites (N-methyl/N-ethyl adjacent to an activating group) is 1. The van der Waals surface area contributed by atoms with Gasteiger partial charge in [0.2, 0.25) is 5.88 Å². The third-order valence-electron chi connectivity index (χ3n) is 6.92. The van der Waals surface area contributed by atoms with Gasteiger partial charge in [0.1, 0.15) is 17.5 Å². The number of ether oxygens (including phenoxy) is 1. The molecular weight excluding hydrogens is 567 g/mol. The number of nitrogens with one attached hydrogen (secondary N) is 2. The zero-order chi connectivity index (χ0) is 28.9. The van der Waals surface area contributed by atoms with E-state index >= 15 is 0 Å². The van der Waals surface area contributed by atoms with E-state index in [9.17, 15) is 9.18 Å². The molecule has 0 spiro atoms. The zero-order valence-corrected chi connectivity index (χ0v) is 25.8. The fraction of sp³-hybridized carbons (Fsp3) is 0.345. The highest BCUT2D eigenvalue weighted by Crippen LogP contribution is 2.37. The van der Waals surface area contributed by atoms with E-state index in [1.807, 2.05) is 19.2 Å². The summed E-state index contributed by atoms with van der Waals surface area (Å²) in [5.41, 5.74) is -0.706. The van der Waals surface area contributed by atoms with Crippen LogP contribution in [0, 0.1) is 5.82 Å². The Morgan fingerprint density at radius 2 is 1.68 bits per heavy atom. The molecule has 2 N–H and O–H groups in total. The summed E-state index contributed by atoms with van der Waals surface area (Å²) in [7, 11) is -0.846. The van der Waals surface area contributed by atoms with Gasteiger partial charge in [-0.15, -0.1) is 0 Å². The molecular formula is C29H34ClFN4O3SSi. The Hall–Kier alpha value is -2.76. The molecule has 0 radical (unpaired) electrons. The molecule has 11 heteroatoms. The topological polar surface area (TPSA) is 89.1 Å². The summed E-state index contributed by atoms with van der Waals surface area (Å²) in [4.78, 5) is 23.5. The monoisotopic (exact) mass is 600 g/mol. The average Bonchev–Trinajstić information content (AvgIpc) is 2.95. The number of hydrogen-bond acceptors (Lipinski definition) is 7. The third-order valence-corrected chi connectivity index (χ3v) is 12.8. The molecule has 0 unspecified atom stereocenters. The van der Waals surface area contributed by atoms with Gasteiger partial charge in [0.05, 0.1) is 0 Å². The number of thioether (sulfide) groups is 1. The maximum absolute atomic E-state index is 14.7. The molecule has 0 amide bonds. The molecule has 0 saturated carbocycles. The molecule has 0 aliphatic carbocycles. The van der Waals surface area contributed by atoms with Gasteiger partial charge >= 0.3 is 0 Å². The first-order valence-corrected chi connectivity index (χ1v) is 16.5. The number of halogens is 2. The van der Waals surface area contributed by atoms with Gasteiger partial charge in [-0.05, 0) is 35.1 Å². The molecule has 2 aromatic carbocycles. The summed E-state index contributed by atoms with van der Waals surface area (Å²) in [5.74, 6) is -0.912. The lowest BCUT2D eigenvalue weighted by Gasteiger charge is -2.43. The van der Waals surface area contributed by atoms with Crippen LogP contribution in [-0.2, 0) is 4.43 Å². The van der Waals surface area contributed by atoms with E-state index in [1.165, 1.54) is 22.1 Å². The summed E-state index contributed by atoms with van der Waals surface area (Å²) < 4.78 is 27.6. The summed E-state index contributed by atoms with van der Waals surface area (Å²) in [6.45, 7) is 7.34. The SMILES string of the molecule is CN[C@@H](CCO[Si](c1ccccc1)(c1ccccc1)C(C)(C)C)COc1nc(Cl)c(F)c2nc(SC)[nH]c(=O)c12. The Labute approximate surface area is 244 Å². The Morgan fingerprint density at radius 3 is 2.20 bits per heavy atom. The van der Waals surface area contributed by atoms with E-state index < -0.39 is 24.8 Å². The molecule has 1 atom stereocenters. The Kier molecular flexibility index (Phi) is 9.68. The van der Waals surface area contributed by atoms with E-state index in [1.54, 1.807) is 6.26 Å². The Morgan fingerprint density at radius 1 is 1.07 bits per heavy atom. The molecule has 40 heavy (non-hydrogen) atoms. The highest BCUT2D eigenvalue weighted by atomic mass is 35.5. The number of H-pyrrole nitrogens is 1. The van der Waals surface area contributed by atoms with Crippen molar-refractivity contribution < 1.29 is 13.6 Å². The van der Waals surface area contributed by atoms with Crippen molar-refractivity contribution in [1.29, 1.82) is 0 Å². The van der Waals surface area contributed by atoms with Crippen LogP contribution in [-0.4, -0.2) is 55.8 Å². The maximum Gasteiger partial charge on any atom is 0.265 e. The second-order valence-corrected chi connectivity index (χ2v) is 15.9. The first kappa shape index (κ1) is 30.2. The number of aromatic nitrogens is 3. The standard InChI is InChI=1S/C29H34ClFN4O3SSi/c1-29(2,3)40(20-12-8-6-9-13-20,21-14-10-7-11-15-21)38-17-16-19(32-4)18-37-27-22-24(23(31)25(30)34-27)33-28(39-5)35-26(22)36/h6-15,19,32H,16-18H2,1-5H3,(H,33,35,36)/t19-/m0/s1. The molecule has 212 valence electrons. The van der Waals surface area contributed by atoms with Crippen molar-refractivity contribution in [3.63, 3.8) is 0 Å². The molecule has 4 aromatic rings. The highest BCUT2D eigenvalue weighted by Gasteiger charge is 2.50. The largest absolute Gasteiger partial charge is 0.475 e. The van der Waals surface area contributed by atoms with E-state index in [2.05, 4.69) is 89.6 Å². The molecule has 0 fully saturated rings. The van der Waals surface area contributed by atoms with Crippen LogP contribution in [0.25, 0.3) is 10.9 Å². The van der Waals surface area contributed by atoms with Crippen LogP contribution in [0.2, 0.25) is 10.2 Å². The fourth-order valence-electron chi connectivity index (χ4n) is 4.91. The minimum Gasteiger partial charge on any atom is -0.475 e. The molecule has 4 rings (SSSR count). The molecule has 0 saturated heterocycles. The van der Waals surface area contributed by atoms with Crippen molar-refractivity contribution in [3.8, 4) is 5.88 Å². The first-order valence-electron chi connectivity index (χ1n) is 13.0. The number of pyridine rings is 1. The van der Waals surface area contributed by atoms with Gasteiger partial charge in [-0.3, -0.25) is 4.79 Å². The van der Waals surface area contributed by atoms with Crippen molar-refractivity contribution in [2.75, 3.05) is 26.5 Å². The molecule has 0 aliphatic rings. The van der Waals surface area contributed by atoms with E-state index in [4.69, 9.17) is 20.8 Å². The summed E-state index contributed by atoms with van der Waals surface area (Å²) in [5, 5.41) is 5.33. The van der Waals surface area contributed by atoms with Crippen molar-refractivity contribution >= 4 is 53.0 Å². The molecule has 0 bridgehead atoms. The highest BCUT2D eigenvalue weighted by molar-refractivity contribution is 7.98. The number of aromatic amines is 1. The zero-order valence-electron chi connectivity index (χ0n) is 23.3. The van der Waals surface area contributed by atoms with Crippen LogP contribution in [0.15, 0.2) is 70.6 Å². The number of rotatable bonds is 11. The van der Waals surface area contributed by atoms with Crippen LogP contribution >= 0.6 is 23.4 Å². The van der Waals surface area contributed by atoms with Crippen LogP contribution in [0.3, 0.4) is 0 Å². The molecule has 2 aromatic heterocycles. The summed E-state index contributed by atoms with van der Waals surface area (Å²) in [6.07, 6.45) is 2.35. The first-order chi connectivity index (χ1) is 19.1. The van der Waals surface area contributed by atoms with Gasteiger partial charge in [0.25, 0.3) is 13.9 Å². The quantitative estimate of drug-likeness (QED) is 0.111. The lowest BCUT2D eigenvalue weighted by molar-refractivity contribution is 0.220. The fourth-order valence-corrected chi connectivity index (χ4v) is 10.0. The smallest absolute Gasteiger partial charge is 0.265 e. The number of hydrogen-bond donors (Lipinski definition) is 2. The lowest BCUT2D eigenvalue weighted by Crippen LogP contribution is -2.66. The van der Waals surface area contributed by atoms with Gasteiger partial charge in [-0.2, -0.15) is 4.98 Å². The number of benzene rings is 2. The van der Waals surface area contributed by atoms with Crippen LogP contribution in [0.4, 0.5) is 4.39 Å². The van der Waals surface area contributed by atoms with Gasteiger partial charge in [0, 0.05) is 12.6 Å².